The number of rotatable bonds is 4. The smallest absolute Gasteiger partial charge is 0.342 e. The van der Waals surface area contributed by atoms with E-state index in [1.165, 1.54) is 20.1 Å². The molecule has 1 amide bonds. The molecule has 92 valence electrons. The molecular weight excluding hydrogens is 229 g/mol. The summed E-state index contributed by atoms with van der Waals surface area (Å²) >= 11 is 0. The van der Waals surface area contributed by atoms with Gasteiger partial charge in [0.05, 0.1) is 7.11 Å². The second-order valence-electron chi connectivity index (χ2n) is 3.29. The molecule has 0 aliphatic rings. The number of carbonyl (C=O) groups excluding carboxylic acids is 2. The van der Waals surface area contributed by atoms with Gasteiger partial charge in [0.25, 0.3) is 5.91 Å². The minimum absolute atomic E-state index is 0.0967. The first-order valence-corrected chi connectivity index (χ1v) is 4.79. The van der Waals surface area contributed by atoms with Gasteiger partial charge in [0.1, 0.15) is 17.1 Å². The molecule has 17 heavy (non-hydrogen) atoms. The van der Waals surface area contributed by atoms with Gasteiger partial charge in [-0.2, -0.15) is 0 Å². The maximum atomic E-state index is 13.0. The van der Waals surface area contributed by atoms with Gasteiger partial charge < -0.3 is 15.2 Å². The lowest BCUT2D eigenvalue weighted by atomic mass is 10.2. The molecular formula is C11H12FNO4. The predicted octanol–water partition coefficient (Wildman–Crippen LogP) is 0.865. The van der Waals surface area contributed by atoms with Crippen molar-refractivity contribution in [3.63, 3.8) is 0 Å². The fourth-order valence-corrected chi connectivity index (χ4v) is 1.12. The molecule has 0 aliphatic heterocycles. The first-order valence-electron chi connectivity index (χ1n) is 4.79. The Bertz CT molecular complexity index is 447. The van der Waals surface area contributed by atoms with Crippen molar-refractivity contribution < 1.29 is 23.5 Å². The molecule has 0 fully saturated rings. The second-order valence-corrected chi connectivity index (χ2v) is 3.29. The first kappa shape index (κ1) is 13.0. The van der Waals surface area contributed by atoms with Crippen LogP contribution in [0.25, 0.3) is 0 Å². The third-order valence-electron chi connectivity index (χ3n) is 2.07. The number of hydrogen-bond donors (Lipinski definition) is 1. The van der Waals surface area contributed by atoms with E-state index in [-0.39, 0.29) is 11.3 Å². The van der Waals surface area contributed by atoms with Crippen LogP contribution in [0.4, 0.5) is 4.39 Å². The number of halogens is 1. The monoisotopic (exact) mass is 241 g/mol. The van der Waals surface area contributed by atoms with E-state index in [4.69, 9.17) is 15.2 Å². The first-order chi connectivity index (χ1) is 7.95. The van der Waals surface area contributed by atoms with Crippen molar-refractivity contribution in [1.82, 2.24) is 0 Å². The number of ether oxygens (including phenoxy) is 2. The van der Waals surface area contributed by atoms with E-state index in [2.05, 4.69) is 0 Å². The van der Waals surface area contributed by atoms with Gasteiger partial charge in [0, 0.05) is 0 Å². The van der Waals surface area contributed by atoms with Crippen LogP contribution in [0, 0.1) is 5.82 Å². The molecule has 0 aromatic heterocycles. The van der Waals surface area contributed by atoms with Gasteiger partial charge in [-0.25, -0.2) is 9.18 Å². The molecule has 1 unspecified atom stereocenters. The van der Waals surface area contributed by atoms with Gasteiger partial charge in [-0.15, -0.1) is 0 Å². The number of esters is 1. The van der Waals surface area contributed by atoms with Gasteiger partial charge >= 0.3 is 5.97 Å². The molecule has 1 aromatic rings. The maximum absolute atomic E-state index is 13.0. The van der Waals surface area contributed by atoms with Crippen LogP contribution in [0.2, 0.25) is 0 Å². The SMILES string of the molecule is COc1ccc(F)cc1C(=O)OC(C)C(N)=O. The lowest BCUT2D eigenvalue weighted by Crippen LogP contribution is -2.30. The third-order valence-corrected chi connectivity index (χ3v) is 2.07. The van der Waals surface area contributed by atoms with Crippen molar-refractivity contribution in [2.75, 3.05) is 7.11 Å². The van der Waals surface area contributed by atoms with E-state index >= 15 is 0 Å². The number of primary amides is 1. The summed E-state index contributed by atoms with van der Waals surface area (Å²) in [7, 11) is 1.33. The lowest BCUT2D eigenvalue weighted by Gasteiger charge is -2.11. The molecule has 0 saturated heterocycles. The molecule has 0 bridgehead atoms. The van der Waals surface area contributed by atoms with Gasteiger partial charge in [-0.1, -0.05) is 0 Å². The molecule has 0 spiro atoms. The molecule has 0 saturated carbocycles. The highest BCUT2D eigenvalue weighted by Gasteiger charge is 2.20. The van der Waals surface area contributed by atoms with E-state index in [0.717, 1.165) is 12.1 Å². The van der Waals surface area contributed by atoms with Crippen molar-refractivity contribution in [3.8, 4) is 5.75 Å². The lowest BCUT2D eigenvalue weighted by molar-refractivity contribution is -0.125. The summed E-state index contributed by atoms with van der Waals surface area (Å²) in [6.07, 6.45) is -1.09. The Kier molecular flexibility index (Phi) is 4.03. The van der Waals surface area contributed by atoms with Crippen LogP contribution in [-0.4, -0.2) is 25.1 Å². The Morgan fingerprint density at radius 2 is 2.06 bits per heavy atom. The van der Waals surface area contributed by atoms with Crippen molar-refractivity contribution in [2.24, 2.45) is 5.73 Å². The van der Waals surface area contributed by atoms with Crippen LogP contribution in [0.1, 0.15) is 17.3 Å². The standard InChI is InChI=1S/C11H12FNO4/c1-6(10(13)14)17-11(15)8-5-7(12)3-4-9(8)16-2/h3-6H,1-2H3,(H2,13,14). The molecule has 6 heteroatoms. The Morgan fingerprint density at radius 1 is 1.41 bits per heavy atom. The topological polar surface area (TPSA) is 78.6 Å². The summed E-state index contributed by atoms with van der Waals surface area (Å²) in [6.45, 7) is 1.33. The molecule has 2 N–H and O–H groups in total. The fraction of sp³-hybridized carbons (Fsp3) is 0.273. The van der Waals surface area contributed by atoms with Crippen molar-refractivity contribution >= 4 is 11.9 Å². The molecule has 1 rings (SSSR count). The van der Waals surface area contributed by atoms with E-state index in [1.807, 2.05) is 0 Å². The van der Waals surface area contributed by atoms with E-state index in [1.54, 1.807) is 0 Å². The Hall–Kier alpha value is -2.11. The zero-order valence-electron chi connectivity index (χ0n) is 9.40. The number of benzene rings is 1. The van der Waals surface area contributed by atoms with Crippen LogP contribution in [0.15, 0.2) is 18.2 Å². The van der Waals surface area contributed by atoms with Crippen molar-refractivity contribution in [2.45, 2.75) is 13.0 Å². The molecule has 0 heterocycles. The molecule has 0 aliphatic carbocycles. The quantitative estimate of drug-likeness (QED) is 0.793. The Balaban J connectivity index is 2.95. The summed E-state index contributed by atoms with van der Waals surface area (Å²) in [4.78, 5) is 22.3. The summed E-state index contributed by atoms with van der Waals surface area (Å²) in [6, 6.07) is 3.41. The summed E-state index contributed by atoms with van der Waals surface area (Å²) in [5.74, 6) is -2.10. The highest BCUT2D eigenvalue weighted by atomic mass is 19.1. The molecule has 5 nitrogen and oxygen atoms in total. The maximum Gasteiger partial charge on any atom is 0.342 e. The van der Waals surface area contributed by atoms with Crippen molar-refractivity contribution in [3.05, 3.63) is 29.6 Å². The summed E-state index contributed by atoms with van der Waals surface area (Å²) in [5, 5.41) is 0. The molecule has 1 aromatic carbocycles. The predicted molar refractivity (Wildman–Crippen MR) is 57.0 cm³/mol. The average molecular weight is 241 g/mol. The van der Waals surface area contributed by atoms with Gasteiger partial charge in [-0.3, -0.25) is 4.79 Å². The van der Waals surface area contributed by atoms with E-state index < -0.39 is 23.8 Å². The number of hydrogen-bond acceptors (Lipinski definition) is 4. The summed E-state index contributed by atoms with van der Waals surface area (Å²) in [5.41, 5.74) is 4.84. The number of nitrogens with two attached hydrogens (primary N) is 1. The third kappa shape index (κ3) is 3.17. The Labute approximate surface area is 97.3 Å². The van der Waals surface area contributed by atoms with Gasteiger partial charge in [-0.05, 0) is 25.1 Å². The number of amides is 1. The average Bonchev–Trinajstić information content (AvgIpc) is 2.28. The number of methoxy groups -OCH3 is 1. The van der Waals surface area contributed by atoms with Crippen LogP contribution in [0.3, 0.4) is 0 Å². The second kappa shape index (κ2) is 5.29. The van der Waals surface area contributed by atoms with Crippen molar-refractivity contribution in [1.29, 1.82) is 0 Å². The van der Waals surface area contributed by atoms with Crippen LogP contribution >= 0.6 is 0 Å². The van der Waals surface area contributed by atoms with Crippen LogP contribution < -0.4 is 10.5 Å². The minimum atomic E-state index is -1.09. The largest absolute Gasteiger partial charge is 0.496 e. The summed E-state index contributed by atoms with van der Waals surface area (Å²) < 4.78 is 22.6. The van der Waals surface area contributed by atoms with Gasteiger partial charge in [0.15, 0.2) is 6.10 Å². The fourth-order valence-electron chi connectivity index (χ4n) is 1.12. The minimum Gasteiger partial charge on any atom is -0.496 e. The Morgan fingerprint density at radius 3 is 2.59 bits per heavy atom. The highest BCUT2D eigenvalue weighted by Crippen LogP contribution is 2.20. The van der Waals surface area contributed by atoms with Gasteiger partial charge in [0.2, 0.25) is 0 Å². The molecule has 1 atom stereocenters. The highest BCUT2D eigenvalue weighted by molar-refractivity contribution is 5.94. The number of carbonyl (C=O) groups is 2. The van der Waals surface area contributed by atoms with E-state index in [9.17, 15) is 14.0 Å². The van der Waals surface area contributed by atoms with Crippen LogP contribution in [0.5, 0.6) is 5.75 Å². The zero-order valence-corrected chi connectivity index (χ0v) is 9.40. The van der Waals surface area contributed by atoms with E-state index in [0.29, 0.717) is 0 Å². The molecule has 0 radical (unpaired) electrons. The normalized spacial score (nSPS) is 11.7. The zero-order chi connectivity index (χ0) is 13.0. The van der Waals surface area contributed by atoms with Crippen LogP contribution in [-0.2, 0) is 9.53 Å².